The summed E-state index contributed by atoms with van der Waals surface area (Å²) < 4.78 is 11.0. The van der Waals surface area contributed by atoms with Crippen LogP contribution in [0.15, 0.2) is 96.4 Å². The first-order chi connectivity index (χ1) is 21.3. The fourth-order valence-electron chi connectivity index (χ4n) is 5.23. The van der Waals surface area contributed by atoms with Crippen molar-refractivity contribution in [3.63, 3.8) is 0 Å². The van der Waals surface area contributed by atoms with Gasteiger partial charge in [0.1, 0.15) is 23.2 Å². The molecule has 44 heavy (non-hydrogen) atoms. The quantitative estimate of drug-likeness (QED) is 0.0616. The van der Waals surface area contributed by atoms with Crippen molar-refractivity contribution in [3.05, 3.63) is 103 Å². The van der Waals surface area contributed by atoms with Crippen LogP contribution >= 0.6 is 11.9 Å². The third-order valence-corrected chi connectivity index (χ3v) is 8.69. The Morgan fingerprint density at radius 1 is 1.05 bits per heavy atom. The number of benzene rings is 3. The Morgan fingerprint density at radius 2 is 1.82 bits per heavy atom. The number of piperidine rings is 1. The summed E-state index contributed by atoms with van der Waals surface area (Å²) in [4.78, 5) is 6.97. The van der Waals surface area contributed by atoms with Gasteiger partial charge in [-0.1, -0.05) is 43.5 Å². The van der Waals surface area contributed by atoms with E-state index in [0.717, 1.165) is 83.6 Å². The number of nitrogens with two attached hydrogens (primary N) is 1. The van der Waals surface area contributed by atoms with Gasteiger partial charge in [-0.2, -0.15) is 4.83 Å². The first-order valence-electron chi connectivity index (χ1n) is 14.8. The molecule has 0 aromatic heterocycles. The molecule has 1 aliphatic rings. The molecule has 0 radical (unpaired) electrons. The average molecular weight is 616 g/mol. The molecule has 234 valence electrons. The van der Waals surface area contributed by atoms with E-state index in [1.165, 1.54) is 11.9 Å². The molecule has 1 heterocycles. The van der Waals surface area contributed by atoms with Crippen molar-refractivity contribution in [3.8, 4) is 22.6 Å². The number of amidine groups is 1. The Balaban J connectivity index is 1.47. The predicted octanol–water partition coefficient (Wildman–Crippen LogP) is 5.52. The molecule has 3 aromatic carbocycles. The maximum absolute atomic E-state index is 7.89. The summed E-state index contributed by atoms with van der Waals surface area (Å²) in [5.41, 5.74) is 9.57. The number of hydrogen-bond donors (Lipinski definition) is 5. The number of likely N-dealkylation sites (tertiary alicyclic amines) is 1. The Hall–Kier alpha value is -4.28. The second-order valence-corrected chi connectivity index (χ2v) is 11.6. The van der Waals surface area contributed by atoms with E-state index < -0.39 is 0 Å². The molecule has 0 saturated carbocycles. The van der Waals surface area contributed by atoms with Gasteiger partial charge in [0.2, 0.25) is 0 Å². The van der Waals surface area contributed by atoms with Crippen LogP contribution in [0.5, 0.6) is 11.5 Å². The van der Waals surface area contributed by atoms with E-state index in [9.17, 15) is 0 Å². The summed E-state index contributed by atoms with van der Waals surface area (Å²) in [5, 5.41) is 16.4. The molecule has 9 nitrogen and oxygen atoms in total. The van der Waals surface area contributed by atoms with Crippen LogP contribution in [0.2, 0.25) is 0 Å². The zero-order valence-corrected chi connectivity index (χ0v) is 26.8. The molecule has 10 heteroatoms. The highest BCUT2D eigenvalue weighted by Crippen LogP contribution is 2.35. The first kappa shape index (κ1) is 32.6. The summed E-state index contributed by atoms with van der Waals surface area (Å²) in [6.07, 6.45) is 3.34. The highest BCUT2D eigenvalue weighted by molar-refractivity contribution is 7.97. The second kappa shape index (κ2) is 16.0. The van der Waals surface area contributed by atoms with Crippen molar-refractivity contribution in [2.75, 3.05) is 40.9 Å². The zero-order chi connectivity index (χ0) is 31.5. The van der Waals surface area contributed by atoms with Gasteiger partial charge in [0, 0.05) is 48.8 Å². The summed E-state index contributed by atoms with van der Waals surface area (Å²) >= 11 is 1.53. The summed E-state index contributed by atoms with van der Waals surface area (Å²) in [6.45, 7) is 11.8. The third-order valence-electron chi connectivity index (χ3n) is 7.89. The van der Waals surface area contributed by atoms with Gasteiger partial charge in [-0.3, -0.25) is 10.4 Å². The van der Waals surface area contributed by atoms with Gasteiger partial charge in [-0.25, -0.2) is 0 Å². The standard InChI is InChI=1S/C34H45N7O2S/c1-24(37-3)38-17-14-26-15-18-40(19-16-26)25(2)41(23-27-8-6-10-29(20-27)34(35)36)39-44-31-11-7-9-28(21-31)32-13-12-30(42-4)22-33(32)43-5/h6-13,20-22,26,37-39H,1-2,14-19,23H2,3-5H3,(H3,35,36). The van der Waals surface area contributed by atoms with E-state index in [2.05, 4.69) is 56.7 Å². The lowest BCUT2D eigenvalue weighted by Crippen LogP contribution is -2.43. The van der Waals surface area contributed by atoms with Crippen LogP contribution in [-0.2, 0) is 6.54 Å². The van der Waals surface area contributed by atoms with Crippen LogP contribution < -0.4 is 30.7 Å². The molecule has 0 unspecified atom stereocenters. The lowest BCUT2D eigenvalue weighted by molar-refractivity contribution is 0.144. The molecule has 0 atom stereocenters. The second-order valence-electron chi connectivity index (χ2n) is 10.8. The van der Waals surface area contributed by atoms with Gasteiger partial charge < -0.3 is 30.7 Å². The van der Waals surface area contributed by atoms with E-state index in [1.807, 2.05) is 55.6 Å². The largest absolute Gasteiger partial charge is 0.497 e. The minimum absolute atomic E-state index is 0.0557. The number of nitrogen functional groups attached to an aromatic ring is 1. The van der Waals surface area contributed by atoms with Gasteiger partial charge in [-0.05, 0) is 78.6 Å². The highest BCUT2D eigenvalue weighted by atomic mass is 32.2. The van der Waals surface area contributed by atoms with Crippen LogP contribution in [-0.4, -0.2) is 56.6 Å². The van der Waals surface area contributed by atoms with Crippen LogP contribution in [0.25, 0.3) is 11.1 Å². The smallest absolute Gasteiger partial charge is 0.130 e. The van der Waals surface area contributed by atoms with Crippen molar-refractivity contribution >= 4 is 17.8 Å². The SMILES string of the molecule is C=C(NC)NCCC1CCN(C(=C)N(Cc2cccc(C(=N)N)c2)NSc2cccc(-c3ccc(OC)cc3OC)c2)CC1. The minimum Gasteiger partial charge on any atom is -0.497 e. The molecule has 1 saturated heterocycles. The molecule has 0 bridgehead atoms. The Morgan fingerprint density at radius 3 is 2.52 bits per heavy atom. The third kappa shape index (κ3) is 8.87. The van der Waals surface area contributed by atoms with Crippen LogP contribution in [0.4, 0.5) is 0 Å². The Bertz CT molecular complexity index is 1440. The van der Waals surface area contributed by atoms with Crippen molar-refractivity contribution in [1.29, 1.82) is 5.41 Å². The van der Waals surface area contributed by atoms with Crippen molar-refractivity contribution in [1.82, 2.24) is 25.4 Å². The molecular weight excluding hydrogens is 570 g/mol. The fraction of sp³-hybridized carbons (Fsp3) is 0.324. The lowest BCUT2D eigenvalue weighted by Gasteiger charge is -2.39. The van der Waals surface area contributed by atoms with Crippen molar-refractivity contribution < 1.29 is 9.47 Å². The number of hydrazine groups is 1. The molecule has 1 aliphatic heterocycles. The van der Waals surface area contributed by atoms with Crippen molar-refractivity contribution in [2.24, 2.45) is 11.7 Å². The monoisotopic (exact) mass is 615 g/mol. The summed E-state index contributed by atoms with van der Waals surface area (Å²) in [6, 6.07) is 22.0. The molecule has 3 aromatic rings. The Labute approximate surface area is 266 Å². The summed E-state index contributed by atoms with van der Waals surface area (Å²) in [5.74, 6) is 4.00. The maximum Gasteiger partial charge on any atom is 0.130 e. The van der Waals surface area contributed by atoms with E-state index in [4.69, 9.17) is 20.6 Å². The average Bonchev–Trinajstić information content (AvgIpc) is 3.06. The van der Waals surface area contributed by atoms with Crippen LogP contribution in [0.3, 0.4) is 0 Å². The molecule has 6 N–H and O–H groups in total. The van der Waals surface area contributed by atoms with Crippen LogP contribution in [0.1, 0.15) is 30.4 Å². The molecule has 1 fully saturated rings. The van der Waals surface area contributed by atoms with Gasteiger partial charge in [0.25, 0.3) is 0 Å². The minimum atomic E-state index is 0.0557. The lowest BCUT2D eigenvalue weighted by atomic mass is 9.93. The molecule has 0 aliphatic carbocycles. The molecule has 0 spiro atoms. The maximum atomic E-state index is 7.89. The molecule has 0 amide bonds. The van der Waals surface area contributed by atoms with Gasteiger partial charge in [-0.15, -0.1) is 0 Å². The topological polar surface area (TPSA) is 111 Å². The number of methoxy groups -OCH3 is 2. The van der Waals surface area contributed by atoms with Gasteiger partial charge in [0.15, 0.2) is 0 Å². The normalized spacial score (nSPS) is 13.2. The highest BCUT2D eigenvalue weighted by Gasteiger charge is 2.23. The number of ether oxygens (including phenoxy) is 2. The van der Waals surface area contributed by atoms with Crippen LogP contribution in [0, 0.1) is 11.3 Å². The van der Waals surface area contributed by atoms with Crippen molar-refractivity contribution in [2.45, 2.75) is 30.7 Å². The molecular formula is C34H45N7O2S. The van der Waals surface area contributed by atoms with E-state index in [-0.39, 0.29) is 5.84 Å². The first-order valence-corrected chi connectivity index (χ1v) is 15.6. The predicted molar refractivity (Wildman–Crippen MR) is 181 cm³/mol. The molecule has 4 rings (SSSR count). The summed E-state index contributed by atoms with van der Waals surface area (Å²) in [7, 11) is 5.20. The number of hydrogen-bond acceptors (Lipinski definition) is 9. The van der Waals surface area contributed by atoms with Gasteiger partial charge >= 0.3 is 0 Å². The fourth-order valence-corrected chi connectivity index (χ4v) is 5.95. The van der Waals surface area contributed by atoms with E-state index in [1.54, 1.807) is 14.2 Å². The Kier molecular flexibility index (Phi) is 11.8. The zero-order valence-electron chi connectivity index (χ0n) is 26.0. The van der Waals surface area contributed by atoms with Gasteiger partial charge in [0.05, 0.1) is 26.6 Å². The van der Waals surface area contributed by atoms with E-state index >= 15 is 0 Å². The number of nitrogens with one attached hydrogen (secondary N) is 4. The number of rotatable bonds is 16. The van der Waals surface area contributed by atoms with E-state index in [0.29, 0.717) is 18.0 Å². The number of nitrogens with zero attached hydrogens (tertiary/aromatic N) is 2.